The van der Waals surface area contributed by atoms with Crippen LogP contribution >= 0.6 is 0 Å². The van der Waals surface area contributed by atoms with Crippen molar-refractivity contribution in [1.29, 1.82) is 0 Å². The number of allylic oxidation sites excluding steroid dienone is 2. The smallest absolute Gasteiger partial charge is 0.237 e. The summed E-state index contributed by atoms with van der Waals surface area (Å²) in [6.45, 7) is 1.29. The minimum atomic E-state index is -0.367. The van der Waals surface area contributed by atoms with Gasteiger partial charge in [0.05, 0.1) is 12.1 Å². The lowest BCUT2D eigenvalue weighted by molar-refractivity contribution is -0.123. The third-order valence-corrected chi connectivity index (χ3v) is 3.37. The summed E-state index contributed by atoms with van der Waals surface area (Å²) in [7, 11) is 0. The van der Waals surface area contributed by atoms with E-state index in [0.29, 0.717) is 18.9 Å². The molecule has 1 heterocycles. The quantitative estimate of drug-likeness (QED) is 0.599. The molecule has 1 aliphatic heterocycles. The van der Waals surface area contributed by atoms with Gasteiger partial charge in [-0.05, 0) is 31.6 Å². The number of amides is 1. The zero-order valence-electron chi connectivity index (χ0n) is 9.48. The van der Waals surface area contributed by atoms with E-state index in [0.717, 1.165) is 25.8 Å². The fourth-order valence-corrected chi connectivity index (χ4v) is 2.33. The zero-order chi connectivity index (χ0) is 11.4. The fourth-order valence-electron chi connectivity index (χ4n) is 2.33. The maximum Gasteiger partial charge on any atom is 0.237 e. The Kier molecular flexibility index (Phi) is 3.96. The van der Waals surface area contributed by atoms with Gasteiger partial charge in [0.2, 0.25) is 5.91 Å². The summed E-state index contributed by atoms with van der Waals surface area (Å²) in [6, 6.07) is -0.200. The lowest BCUT2D eigenvalue weighted by Gasteiger charge is -2.19. The molecule has 0 bridgehead atoms. The molecule has 1 amide bonds. The van der Waals surface area contributed by atoms with E-state index in [2.05, 4.69) is 22.8 Å². The number of aliphatic hydroxyl groups is 1. The van der Waals surface area contributed by atoms with E-state index in [-0.39, 0.29) is 18.1 Å². The number of nitrogens with one attached hydrogen (secondary N) is 2. The normalized spacial score (nSPS) is 33.9. The van der Waals surface area contributed by atoms with Crippen LogP contribution in [0.25, 0.3) is 0 Å². The first-order chi connectivity index (χ1) is 7.75. The van der Waals surface area contributed by atoms with Crippen LogP contribution in [-0.2, 0) is 4.79 Å². The molecule has 3 atom stereocenters. The van der Waals surface area contributed by atoms with Gasteiger partial charge in [-0.25, -0.2) is 0 Å². The Bertz CT molecular complexity index is 278. The van der Waals surface area contributed by atoms with Crippen molar-refractivity contribution in [3.05, 3.63) is 12.2 Å². The fraction of sp³-hybridized carbons (Fsp3) is 0.750. The van der Waals surface area contributed by atoms with Gasteiger partial charge in [-0.15, -0.1) is 0 Å². The first kappa shape index (κ1) is 11.6. The molecule has 3 N–H and O–H groups in total. The van der Waals surface area contributed by atoms with Crippen molar-refractivity contribution in [2.75, 3.05) is 13.1 Å². The van der Waals surface area contributed by atoms with Crippen molar-refractivity contribution in [3.63, 3.8) is 0 Å². The predicted octanol–water partition coefficient (Wildman–Crippen LogP) is 0.182. The third-order valence-electron chi connectivity index (χ3n) is 3.37. The molecule has 0 aromatic carbocycles. The molecule has 1 saturated heterocycles. The van der Waals surface area contributed by atoms with Crippen LogP contribution in [0.1, 0.15) is 25.7 Å². The highest BCUT2D eigenvalue weighted by Gasteiger charge is 2.28. The summed E-state index contributed by atoms with van der Waals surface area (Å²) >= 11 is 0. The Morgan fingerprint density at radius 2 is 2.38 bits per heavy atom. The summed E-state index contributed by atoms with van der Waals surface area (Å²) < 4.78 is 0. The summed E-state index contributed by atoms with van der Waals surface area (Å²) in [5.41, 5.74) is 0. The second-order valence-electron chi connectivity index (χ2n) is 4.75. The Hall–Kier alpha value is -0.870. The van der Waals surface area contributed by atoms with Gasteiger partial charge in [0.1, 0.15) is 0 Å². The zero-order valence-corrected chi connectivity index (χ0v) is 9.48. The highest BCUT2D eigenvalue weighted by molar-refractivity contribution is 5.82. The molecule has 0 aromatic heterocycles. The second kappa shape index (κ2) is 5.46. The number of rotatable bonds is 3. The minimum Gasteiger partial charge on any atom is -0.392 e. The van der Waals surface area contributed by atoms with E-state index in [1.807, 2.05) is 0 Å². The molecular formula is C12H20N2O2. The van der Waals surface area contributed by atoms with E-state index in [1.54, 1.807) is 0 Å². The van der Waals surface area contributed by atoms with Gasteiger partial charge in [0, 0.05) is 13.1 Å². The predicted molar refractivity (Wildman–Crippen MR) is 61.9 cm³/mol. The average Bonchev–Trinajstić information content (AvgIpc) is 2.74. The summed E-state index contributed by atoms with van der Waals surface area (Å²) in [6.07, 6.45) is 7.93. The van der Waals surface area contributed by atoms with Gasteiger partial charge in [-0.3, -0.25) is 4.79 Å². The topological polar surface area (TPSA) is 61.4 Å². The Labute approximate surface area is 96.1 Å². The first-order valence-corrected chi connectivity index (χ1v) is 6.10. The highest BCUT2D eigenvalue weighted by atomic mass is 16.3. The molecule has 4 heteroatoms. The molecular weight excluding hydrogens is 204 g/mol. The molecule has 90 valence electrons. The minimum absolute atomic E-state index is 0.0334. The van der Waals surface area contributed by atoms with Crippen LogP contribution < -0.4 is 10.6 Å². The van der Waals surface area contributed by atoms with Crippen molar-refractivity contribution < 1.29 is 9.90 Å². The van der Waals surface area contributed by atoms with Gasteiger partial charge >= 0.3 is 0 Å². The number of carbonyl (C=O) groups is 1. The Morgan fingerprint density at radius 3 is 3.00 bits per heavy atom. The SMILES string of the molecule is O=C(NCC1CC=CCC1)C1CC(O)CN1. The maximum absolute atomic E-state index is 11.7. The largest absolute Gasteiger partial charge is 0.392 e. The Morgan fingerprint density at radius 1 is 1.50 bits per heavy atom. The number of β-amino-alcohol motifs (C(OH)–C–C–N with tert-alkyl or cyclic N) is 1. The molecule has 0 aromatic rings. The van der Waals surface area contributed by atoms with Crippen molar-refractivity contribution in [2.24, 2.45) is 5.92 Å². The molecule has 2 aliphatic rings. The van der Waals surface area contributed by atoms with Crippen LogP contribution in [0.3, 0.4) is 0 Å². The van der Waals surface area contributed by atoms with E-state index in [9.17, 15) is 9.90 Å². The summed E-state index contributed by atoms with van der Waals surface area (Å²) in [4.78, 5) is 11.7. The van der Waals surface area contributed by atoms with Crippen molar-refractivity contribution in [1.82, 2.24) is 10.6 Å². The molecule has 3 unspecified atom stereocenters. The first-order valence-electron chi connectivity index (χ1n) is 6.10. The molecule has 0 spiro atoms. The number of hydrogen-bond donors (Lipinski definition) is 3. The number of aliphatic hydroxyl groups excluding tert-OH is 1. The molecule has 4 nitrogen and oxygen atoms in total. The molecule has 1 aliphatic carbocycles. The average molecular weight is 224 g/mol. The summed E-state index contributed by atoms with van der Waals surface area (Å²) in [5, 5.41) is 15.3. The standard InChI is InChI=1S/C12H20N2O2/c15-10-6-11(13-8-10)12(16)14-7-9-4-2-1-3-5-9/h1-2,9-11,13,15H,3-8H2,(H,14,16). The number of carbonyl (C=O) groups excluding carboxylic acids is 1. The van der Waals surface area contributed by atoms with E-state index in [1.165, 1.54) is 0 Å². The van der Waals surface area contributed by atoms with Gasteiger partial charge in [-0.2, -0.15) is 0 Å². The second-order valence-corrected chi connectivity index (χ2v) is 4.75. The Balaban J connectivity index is 1.69. The van der Waals surface area contributed by atoms with Crippen LogP contribution in [0.15, 0.2) is 12.2 Å². The maximum atomic E-state index is 11.7. The van der Waals surface area contributed by atoms with Crippen LogP contribution in [0.4, 0.5) is 0 Å². The van der Waals surface area contributed by atoms with Gasteiger partial charge in [0.15, 0.2) is 0 Å². The van der Waals surface area contributed by atoms with E-state index in [4.69, 9.17) is 0 Å². The molecule has 2 rings (SSSR count). The van der Waals surface area contributed by atoms with Gasteiger partial charge < -0.3 is 15.7 Å². The lowest BCUT2D eigenvalue weighted by atomic mass is 9.94. The van der Waals surface area contributed by atoms with E-state index < -0.39 is 0 Å². The summed E-state index contributed by atoms with van der Waals surface area (Å²) in [5.74, 6) is 0.617. The van der Waals surface area contributed by atoms with Crippen molar-refractivity contribution in [3.8, 4) is 0 Å². The molecule has 0 radical (unpaired) electrons. The van der Waals surface area contributed by atoms with Crippen LogP contribution in [0.2, 0.25) is 0 Å². The third kappa shape index (κ3) is 3.06. The molecule has 1 fully saturated rings. The van der Waals surface area contributed by atoms with Crippen LogP contribution in [0.5, 0.6) is 0 Å². The molecule has 0 saturated carbocycles. The van der Waals surface area contributed by atoms with Gasteiger partial charge in [0.25, 0.3) is 0 Å². The van der Waals surface area contributed by atoms with E-state index >= 15 is 0 Å². The highest BCUT2D eigenvalue weighted by Crippen LogP contribution is 2.17. The monoisotopic (exact) mass is 224 g/mol. The lowest BCUT2D eigenvalue weighted by Crippen LogP contribution is -2.42. The van der Waals surface area contributed by atoms with Crippen LogP contribution in [-0.4, -0.2) is 36.2 Å². The van der Waals surface area contributed by atoms with Crippen molar-refractivity contribution in [2.45, 2.75) is 37.8 Å². The molecule has 16 heavy (non-hydrogen) atoms. The van der Waals surface area contributed by atoms with Gasteiger partial charge in [-0.1, -0.05) is 12.2 Å². The van der Waals surface area contributed by atoms with Crippen LogP contribution in [0, 0.1) is 5.92 Å². The number of hydrogen-bond acceptors (Lipinski definition) is 3. The van der Waals surface area contributed by atoms with Crippen molar-refractivity contribution >= 4 is 5.91 Å².